The third-order valence-corrected chi connectivity index (χ3v) is 4.27. The normalized spacial score (nSPS) is 11.3. The van der Waals surface area contributed by atoms with E-state index in [9.17, 15) is 0 Å². The predicted octanol–water partition coefficient (Wildman–Crippen LogP) is 2.96. The fraction of sp³-hybridized carbons (Fsp3) is 0.318. The van der Waals surface area contributed by atoms with Gasteiger partial charge in [-0.2, -0.15) is 5.10 Å². The molecule has 7 heteroatoms. The monoisotopic (exact) mass is 392 g/mol. The largest absolute Gasteiger partial charge is 0.478 e. The Balaban J connectivity index is 1.52. The first-order valence-electron chi connectivity index (χ1n) is 9.97. The van der Waals surface area contributed by atoms with Crippen LogP contribution in [0.4, 0.5) is 0 Å². The lowest BCUT2D eigenvalue weighted by molar-refractivity contribution is 0.326. The van der Waals surface area contributed by atoms with Gasteiger partial charge in [0.05, 0.1) is 18.8 Å². The number of benzene rings is 1. The summed E-state index contributed by atoms with van der Waals surface area (Å²) in [6.45, 7) is 6.79. The summed E-state index contributed by atoms with van der Waals surface area (Å²) in [6.07, 6.45) is 6.38. The van der Waals surface area contributed by atoms with Gasteiger partial charge in [-0.3, -0.25) is 0 Å². The maximum Gasteiger partial charge on any atom is 0.213 e. The minimum atomic E-state index is 0.566. The van der Waals surface area contributed by atoms with E-state index in [2.05, 4.69) is 56.9 Å². The van der Waals surface area contributed by atoms with Gasteiger partial charge in [-0.1, -0.05) is 12.1 Å². The van der Waals surface area contributed by atoms with Crippen molar-refractivity contribution in [3.63, 3.8) is 0 Å². The molecule has 0 atom stereocenters. The molecule has 152 valence electrons. The van der Waals surface area contributed by atoms with Crippen molar-refractivity contribution in [1.29, 1.82) is 0 Å². The van der Waals surface area contributed by atoms with Crippen molar-refractivity contribution in [3.05, 3.63) is 72.2 Å². The average Bonchev–Trinajstić information content (AvgIpc) is 3.28. The van der Waals surface area contributed by atoms with Crippen molar-refractivity contribution in [2.75, 3.05) is 19.7 Å². The van der Waals surface area contributed by atoms with Crippen molar-refractivity contribution in [2.45, 2.75) is 26.8 Å². The maximum absolute atomic E-state index is 5.45. The molecule has 3 aromatic rings. The van der Waals surface area contributed by atoms with E-state index in [-0.39, 0.29) is 0 Å². The van der Waals surface area contributed by atoms with Crippen LogP contribution in [-0.4, -0.2) is 40.4 Å². The van der Waals surface area contributed by atoms with Crippen LogP contribution >= 0.6 is 0 Å². The lowest BCUT2D eigenvalue weighted by Gasteiger charge is -2.12. The van der Waals surface area contributed by atoms with E-state index in [1.165, 1.54) is 5.56 Å². The summed E-state index contributed by atoms with van der Waals surface area (Å²) in [5.74, 6) is 1.44. The molecule has 0 aliphatic rings. The number of hydrogen-bond acceptors (Lipinski definition) is 4. The fourth-order valence-corrected chi connectivity index (χ4v) is 2.85. The molecule has 0 aliphatic carbocycles. The number of aromatic nitrogens is 3. The van der Waals surface area contributed by atoms with Gasteiger partial charge in [0.25, 0.3) is 0 Å². The Morgan fingerprint density at radius 1 is 1.07 bits per heavy atom. The van der Waals surface area contributed by atoms with Gasteiger partial charge in [0.2, 0.25) is 5.88 Å². The number of nitrogens with one attached hydrogen (secondary N) is 2. The van der Waals surface area contributed by atoms with E-state index < -0.39 is 0 Å². The zero-order chi connectivity index (χ0) is 20.3. The summed E-state index contributed by atoms with van der Waals surface area (Å²) in [5, 5.41) is 10.9. The van der Waals surface area contributed by atoms with E-state index in [1.54, 1.807) is 12.4 Å². The molecule has 0 amide bonds. The summed E-state index contributed by atoms with van der Waals surface area (Å²) in [5.41, 5.74) is 3.39. The smallest absolute Gasteiger partial charge is 0.213 e. The highest BCUT2D eigenvalue weighted by atomic mass is 16.5. The minimum Gasteiger partial charge on any atom is -0.478 e. The van der Waals surface area contributed by atoms with Gasteiger partial charge in [-0.05, 0) is 55.7 Å². The van der Waals surface area contributed by atoms with Crippen LogP contribution in [0.15, 0.2) is 66.0 Å². The van der Waals surface area contributed by atoms with Gasteiger partial charge in [-0.25, -0.2) is 14.7 Å². The molecule has 3 rings (SSSR count). The minimum absolute atomic E-state index is 0.566. The molecule has 0 fully saturated rings. The molecular formula is C22H28N6O. The molecule has 0 bridgehead atoms. The lowest BCUT2D eigenvalue weighted by atomic mass is 10.1. The van der Waals surface area contributed by atoms with Crippen LogP contribution in [0.25, 0.3) is 5.69 Å². The predicted molar refractivity (Wildman–Crippen MR) is 115 cm³/mol. The summed E-state index contributed by atoms with van der Waals surface area (Å²) < 4.78 is 7.31. The topological polar surface area (TPSA) is 76.4 Å². The van der Waals surface area contributed by atoms with E-state index in [4.69, 9.17) is 4.74 Å². The molecular weight excluding hydrogens is 364 g/mol. The average molecular weight is 393 g/mol. The standard InChI is InChI=1S/C22H28N6O/c1-3-23-22(26-17-19-11-13-24-21(16-19)29-4-2)25-14-10-18-6-8-20(9-7-18)28-15-5-12-27-28/h5-9,11-13,15-16H,3-4,10,14,17H2,1-2H3,(H2,23,25,26). The van der Waals surface area contributed by atoms with Crippen LogP contribution in [0.5, 0.6) is 5.88 Å². The van der Waals surface area contributed by atoms with Gasteiger partial charge >= 0.3 is 0 Å². The lowest BCUT2D eigenvalue weighted by Crippen LogP contribution is -2.38. The van der Waals surface area contributed by atoms with Crippen LogP contribution < -0.4 is 15.4 Å². The van der Waals surface area contributed by atoms with Crippen LogP contribution in [0.3, 0.4) is 0 Å². The number of pyridine rings is 1. The van der Waals surface area contributed by atoms with Gasteiger partial charge in [0.1, 0.15) is 0 Å². The molecule has 0 spiro atoms. The van der Waals surface area contributed by atoms with Crippen molar-refractivity contribution < 1.29 is 4.74 Å². The number of rotatable bonds is 9. The molecule has 0 saturated carbocycles. The Morgan fingerprint density at radius 3 is 2.66 bits per heavy atom. The second kappa shape index (κ2) is 10.8. The summed E-state index contributed by atoms with van der Waals surface area (Å²) in [7, 11) is 0. The summed E-state index contributed by atoms with van der Waals surface area (Å²) in [4.78, 5) is 8.85. The van der Waals surface area contributed by atoms with Crippen LogP contribution in [-0.2, 0) is 13.0 Å². The van der Waals surface area contributed by atoms with E-state index in [0.29, 0.717) is 19.0 Å². The number of hydrogen-bond donors (Lipinski definition) is 2. The van der Waals surface area contributed by atoms with Crippen molar-refractivity contribution in [2.24, 2.45) is 4.99 Å². The highest BCUT2D eigenvalue weighted by Gasteiger charge is 2.01. The maximum atomic E-state index is 5.45. The molecule has 2 aromatic heterocycles. The Hall–Kier alpha value is -3.35. The molecule has 29 heavy (non-hydrogen) atoms. The van der Waals surface area contributed by atoms with Crippen LogP contribution in [0.2, 0.25) is 0 Å². The molecule has 0 radical (unpaired) electrons. The number of aliphatic imine (C=N–C) groups is 1. The zero-order valence-corrected chi connectivity index (χ0v) is 17.0. The summed E-state index contributed by atoms with van der Waals surface area (Å²) >= 11 is 0. The van der Waals surface area contributed by atoms with Crippen molar-refractivity contribution in [1.82, 2.24) is 25.4 Å². The highest BCUT2D eigenvalue weighted by Crippen LogP contribution is 2.10. The third-order valence-electron chi connectivity index (χ3n) is 4.27. The first kappa shape index (κ1) is 20.4. The Labute approximate surface area is 171 Å². The number of nitrogens with zero attached hydrogens (tertiary/aromatic N) is 4. The number of ether oxygens (including phenoxy) is 1. The molecule has 2 heterocycles. The first-order valence-corrected chi connectivity index (χ1v) is 9.97. The van der Waals surface area contributed by atoms with Gasteiger partial charge in [0, 0.05) is 37.7 Å². The molecule has 2 N–H and O–H groups in total. The van der Waals surface area contributed by atoms with Crippen molar-refractivity contribution in [3.8, 4) is 11.6 Å². The Bertz CT molecular complexity index is 890. The van der Waals surface area contributed by atoms with Crippen LogP contribution in [0.1, 0.15) is 25.0 Å². The number of guanidine groups is 1. The van der Waals surface area contributed by atoms with E-state index >= 15 is 0 Å². The molecule has 7 nitrogen and oxygen atoms in total. The first-order chi connectivity index (χ1) is 14.3. The second-order valence-corrected chi connectivity index (χ2v) is 6.42. The molecule has 0 aliphatic heterocycles. The fourth-order valence-electron chi connectivity index (χ4n) is 2.85. The van der Waals surface area contributed by atoms with Gasteiger partial charge in [-0.15, -0.1) is 0 Å². The van der Waals surface area contributed by atoms with Crippen LogP contribution in [0, 0.1) is 0 Å². The summed E-state index contributed by atoms with van der Waals surface area (Å²) in [6, 6.07) is 14.2. The molecule has 0 unspecified atom stereocenters. The SMILES string of the molecule is CCNC(=NCc1ccnc(OCC)c1)NCCc1ccc(-n2cccn2)cc1. The van der Waals surface area contributed by atoms with Gasteiger partial charge < -0.3 is 15.4 Å². The van der Waals surface area contributed by atoms with E-state index in [0.717, 1.165) is 36.7 Å². The Kier molecular flexibility index (Phi) is 7.63. The quantitative estimate of drug-likeness (QED) is 0.432. The molecule has 0 saturated heterocycles. The van der Waals surface area contributed by atoms with E-state index in [1.807, 2.05) is 36.0 Å². The Morgan fingerprint density at radius 2 is 1.93 bits per heavy atom. The van der Waals surface area contributed by atoms with Gasteiger partial charge in [0.15, 0.2) is 5.96 Å². The van der Waals surface area contributed by atoms with Crippen molar-refractivity contribution >= 4 is 5.96 Å². The third kappa shape index (κ3) is 6.34. The molecule has 1 aromatic carbocycles. The zero-order valence-electron chi connectivity index (χ0n) is 17.0. The second-order valence-electron chi connectivity index (χ2n) is 6.42. The highest BCUT2D eigenvalue weighted by molar-refractivity contribution is 5.79.